The van der Waals surface area contributed by atoms with Crippen LogP contribution in [0.15, 0.2) is 0 Å². The lowest BCUT2D eigenvalue weighted by Crippen LogP contribution is -2.50. The third kappa shape index (κ3) is 2.96. The maximum Gasteiger partial charge on any atom is 0.0178 e. The van der Waals surface area contributed by atoms with E-state index >= 15 is 0 Å². The van der Waals surface area contributed by atoms with E-state index in [0.29, 0.717) is 11.5 Å². The highest BCUT2D eigenvalue weighted by Crippen LogP contribution is 2.31. The first kappa shape index (κ1) is 12.0. The summed E-state index contributed by atoms with van der Waals surface area (Å²) in [6.45, 7) is 9.46. The van der Waals surface area contributed by atoms with Gasteiger partial charge in [-0.15, -0.1) is 0 Å². The van der Waals surface area contributed by atoms with Gasteiger partial charge in [0.25, 0.3) is 0 Å². The van der Waals surface area contributed by atoms with E-state index in [2.05, 4.69) is 45.1 Å². The highest BCUT2D eigenvalue weighted by molar-refractivity contribution is 4.89. The van der Waals surface area contributed by atoms with E-state index in [-0.39, 0.29) is 0 Å². The maximum atomic E-state index is 3.52. The predicted octanol–water partition coefficient (Wildman–Crippen LogP) is 1.96. The molecular weight excluding hydrogens is 172 g/mol. The van der Waals surface area contributed by atoms with Crippen LogP contribution in [0.4, 0.5) is 0 Å². The minimum atomic E-state index is 0.382. The molecule has 84 valence electrons. The quantitative estimate of drug-likeness (QED) is 0.730. The summed E-state index contributed by atoms with van der Waals surface area (Å²) in [7, 11) is 4.43. The van der Waals surface area contributed by atoms with Crippen LogP contribution in [0.5, 0.6) is 0 Å². The standard InChI is InChI=1S/C12H26N2/c1-12(2,3)11(14(4)5)10-7-6-8-13-9-10/h10-11,13H,6-9H2,1-5H3. The van der Waals surface area contributed by atoms with Gasteiger partial charge in [0.15, 0.2) is 0 Å². The van der Waals surface area contributed by atoms with E-state index in [1.165, 1.54) is 25.9 Å². The van der Waals surface area contributed by atoms with Gasteiger partial charge < -0.3 is 10.2 Å². The number of hydrogen-bond acceptors (Lipinski definition) is 2. The van der Waals surface area contributed by atoms with Crippen molar-refractivity contribution >= 4 is 0 Å². The Hall–Kier alpha value is -0.0800. The van der Waals surface area contributed by atoms with Gasteiger partial charge in [0, 0.05) is 6.04 Å². The minimum Gasteiger partial charge on any atom is -0.316 e. The second-order valence-electron chi connectivity index (χ2n) is 5.88. The first-order chi connectivity index (χ1) is 6.43. The Morgan fingerprint density at radius 2 is 1.93 bits per heavy atom. The van der Waals surface area contributed by atoms with E-state index in [1.54, 1.807) is 0 Å². The fraction of sp³-hybridized carbons (Fsp3) is 1.00. The van der Waals surface area contributed by atoms with Gasteiger partial charge in [-0.05, 0) is 51.4 Å². The Morgan fingerprint density at radius 3 is 2.29 bits per heavy atom. The molecule has 1 saturated heterocycles. The molecule has 2 unspecified atom stereocenters. The average molecular weight is 198 g/mol. The zero-order chi connectivity index (χ0) is 10.8. The molecule has 1 aliphatic rings. The first-order valence-corrected chi connectivity index (χ1v) is 5.80. The topological polar surface area (TPSA) is 15.3 Å². The number of rotatable bonds is 2. The molecule has 2 heteroatoms. The van der Waals surface area contributed by atoms with E-state index < -0.39 is 0 Å². The summed E-state index contributed by atoms with van der Waals surface area (Å²) in [5.74, 6) is 0.818. The minimum absolute atomic E-state index is 0.382. The first-order valence-electron chi connectivity index (χ1n) is 5.80. The van der Waals surface area contributed by atoms with Gasteiger partial charge in [-0.25, -0.2) is 0 Å². The molecule has 0 aromatic carbocycles. The lowest BCUT2D eigenvalue weighted by atomic mass is 9.75. The van der Waals surface area contributed by atoms with Crippen molar-refractivity contribution in [2.45, 2.75) is 39.7 Å². The Balaban J connectivity index is 2.66. The van der Waals surface area contributed by atoms with Crippen LogP contribution in [-0.2, 0) is 0 Å². The van der Waals surface area contributed by atoms with Crippen LogP contribution in [0.1, 0.15) is 33.6 Å². The van der Waals surface area contributed by atoms with E-state index in [4.69, 9.17) is 0 Å². The van der Waals surface area contributed by atoms with Crippen molar-refractivity contribution in [3.8, 4) is 0 Å². The lowest BCUT2D eigenvalue weighted by molar-refractivity contribution is 0.0789. The van der Waals surface area contributed by atoms with Crippen molar-refractivity contribution < 1.29 is 0 Å². The van der Waals surface area contributed by atoms with Crippen molar-refractivity contribution in [3.63, 3.8) is 0 Å². The molecule has 0 aliphatic carbocycles. The van der Waals surface area contributed by atoms with Crippen molar-refractivity contribution in [1.82, 2.24) is 10.2 Å². The molecule has 0 amide bonds. The fourth-order valence-electron chi connectivity index (χ4n) is 3.05. The molecule has 1 heterocycles. The van der Waals surface area contributed by atoms with Crippen LogP contribution >= 0.6 is 0 Å². The van der Waals surface area contributed by atoms with Gasteiger partial charge in [0.2, 0.25) is 0 Å². The van der Waals surface area contributed by atoms with Crippen molar-refractivity contribution in [1.29, 1.82) is 0 Å². The molecule has 0 bridgehead atoms. The molecule has 0 radical (unpaired) electrons. The van der Waals surface area contributed by atoms with E-state index in [0.717, 1.165) is 5.92 Å². The molecular formula is C12H26N2. The third-order valence-electron chi connectivity index (χ3n) is 3.23. The van der Waals surface area contributed by atoms with E-state index in [9.17, 15) is 0 Å². The molecule has 0 saturated carbocycles. The van der Waals surface area contributed by atoms with Crippen LogP contribution < -0.4 is 5.32 Å². The smallest absolute Gasteiger partial charge is 0.0178 e. The normalized spacial score (nSPS) is 26.6. The molecule has 2 atom stereocenters. The second kappa shape index (κ2) is 4.63. The molecule has 0 aromatic heterocycles. The van der Waals surface area contributed by atoms with Gasteiger partial charge in [0.05, 0.1) is 0 Å². The van der Waals surface area contributed by atoms with Crippen LogP contribution in [0.25, 0.3) is 0 Å². The number of piperidine rings is 1. The number of nitrogens with one attached hydrogen (secondary N) is 1. The molecule has 0 spiro atoms. The molecule has 14 heavy (non-hydrogen) atoms. The summed E-state index contributed by atoms with van der Waals surface area (Å²) in [5, 5.41) is 3.52. The summed E-state index contributed by atoms with van der Waals surface area (Å²) >= 11 is 0. The third-order valence-corrected chi connectivity index (χ3v) is 3.23. The second-order valence-corrected chi connectivity index (χ2v) is 5.88. The Kier molecular flexibility index (Phi) is 3.96. The summed E-state index contributed by atoms with van der Waals surface area (Å²) in [6.07, 6.45) is 2.72. The average Bonchev–Trinajstić information content (AvgIpc) is 2.02. The Labute approximate surface area is 89.1 Å². The fourth-order valence-corrected chi connectivity index (χ4v) is 3.05. The molecule has 1 fully saturated rings. The molecule has 1 aliphatic heterocycles. The van der Waals surface area contributed by atoms with Gasteiger partial charge in [0.1, 0.15) is 0 Å². The summed E-state index contributed by atoms with van der Waals surface area (Å²) < 4.78 is 0. The molecule has 1 N–H and O–H groups in total. The number of nitrogens with zero attached hydrogens (tertiary/aromatic N) is 1. The van der Waals surface area contributed by atoms with Gasteiger partial charge in [-0.1, -0.05) is 20.8 Å². The van der Waals surface area contributed by atoms with Crippen LogP contribution in [0.3, 0.4) is 0 Å². The van der Waals surface area contributed by atoms with E-state index in [1.807, 2.05) is 0 Å². The molecule has 0 aromatic rings. The lowest BCUT2D eigenvalue weighted by Gasteiger charge is -2.43. The largest absolute Gasteiger partial charge is 0.316 e. The van der Waals surface area contributed by atoms with Crippen LogP contribution in [0.2, 0.25) is 0 Å². The highest BCUT2D eigenvalue weighted by Gasteiger charge is 2.34. The monoisotopic (exact) mass is 198 g/mol. The maximum absolute atomic E-state index is 3.52. The molecule has 1 rings (SSSR count). The van der Waals surface area contributed by atoms with Crippen molar-refractivity contribution in [2.75, 3.05) is 27.2 Å². The van der Waals surface area contributed by atoms with Crippen LogP contribution in [-0.4, -0.2) is 38.1 Å². The van der Waals surface area contributed by atoms with Crippen molar-refractivity contribution in [3.05, 3.63) is 0 Å². The van der Waals surface area contributed by atoms with Crippen LogP contribution in [0, 0.1) is 11.3 Å². The SMILES string of the molecule is CN(C)C(C1CCCNC1)C(C)(C)C. The summed E-state index contributed by atoms with van der Waals surface area (Å²) in [4.78, 5) is 2.40. The zero-order valence-corrected chi connectivity index (χ0v) is 10.4. The van der Waals surface area contributed by atoms with Gasteiger partial charge in [-0.2, -0.15) is 0 Å². The zero-order valence-electron chi connectivity index (χ0n) is 10.4. The van der Waals surface area contributed by atoms with Crippen molar-refractivity contribution in [2.24, 2.45) is 11.3 Å². The van der Waals surface area contributed by atoms with Gasteiger partial charge >= 0.3 is 0 Å². The predicted molar refractivity (Wildman–Crippen MR) is 62.5 cm³/mol. The Morgan fingerprint density at radius 1 is 1.29 bits per heavy atom. The highest BCUT2D eigenvalue weighted by atomic mass is 15.1. The number of hydrogen-bond donors (Lipinski definition) is 1. The molecule has 2 nitrogen and oxygen atoms in total. The summed E-state index contributed by atoms with van der Waals surface area (Å²) in [6, 6.07) is 0.690. The van der Waals surface area contributed by atoms with Gasteiger partial charge in [-0.3, -0.25) is 0 Å². The summed E-state index contributed by atoms with van der Waals surface area (Å²) in [5.41, 5.74) is 0.382. The Bertz CT molecular complexity index is 164.